The summed E-state index contributed by atoms with van der Waals surface area (Å²) in [7, 11) is -5.09. The van der Waals surface area contributed by atoms with Crippen LogP contribution in [0.5, 0.6) is 0 Å². The van der Waals surface area contributed by atoms with Gasteiger partial charge in [0.1, 0.15) is 24.4 Å². The van der Waals surface area contributed by atoms with Crippen LogP contribution in [0, 0.1) is 0 Å². The van der Waals surface area contributed by atoms with Gasteiger partial charge in [0.05, 0.1) is 25.4 Å². The molecule has 1 heterocycles. The average Bonchev–Trinajstić information content (AvgIpc) is 3.38. The lowest BCUT2D eigenvalue weighted by molar-refractivity contribution is -0.298. The van der Waals surface area contributed by atoms with Gasteiger partial charge in [-0.2, -0.15) is 8.42 Å². The molecule has 0 aliphatic carbocycles. The predicted molar refractivity (Wildman–Crippen MR) is 305 cm³/mol. The molecule has 0 aromatic carbocycles. The van der Waals surface area contributed by atoms with Gasteiger partial charge in [-0.3, -0.25) is 9.35 Å². The fourth-order valence-corrected chi connectivity index (χ4v) is 10.4. The number of allylic oxidation sites excluding steroid dienone is 5. The summed E-state index contributed by atoms with van der Waals surface area (Å²) >= 11 is 0. The van der Waals surface area contributed by atoms with E-state index in [-0.39, 0.29) is 18.9 Å². The van der Waals surface area contributed by atoms with Crippen LogP contribution in [0.15, 0.2) is 36.5 Å². The second kappa shape index (κ2) is 50.8. The van der Waals surface area contributed by atoms with Gasteiger partial charge < -0.3 is 35.2 Å². The maximum atomic E-state index is 13.2. The van der Waals surface area contributed by atoms with Gasteiger partial charge in [0, 0.05) is 6.42 Å². The van der Waals surface area contributed by atoms with Crippen LogP contribution in [0.3, 0.4) is 0 Å². The third-order valence-electron chi connectivity index (χ3n) is 14.7. The van der Waals surface area contributed by atoms with Crippen LogP contribution in [-0.2, 0) is 28.9 Å². The van der Waals surface area contributed by atoms with E-state index in [4.69, 9.17) is 9.47 Å². The van der Waals surface area contributed by atoms with Crippen molar-refractivity contribution in [3.05, 3.63) is 36.5 Å². The van der Waals surface area contributed by atoms with Crippen LogP contribution in [-0.4, -0.2) is 95.4 Å². The smallest absolute Gasteiger partial charge is 0.394 e. The highest BCUT2D eigenvalue weighted by molar-refractivity contribution is 7.80. The molecule has 0 aromatic heterocycles. The lowest BCUT2D eigenvalue weighted by atomic mass is 9.99. The van der Waals surface area contributed by atoms with E-state index in [1.54, 1.807) is 6.08 Å². The SMILES string of the molecule is CCCCCCCCCCC/C=C\C/C=C\CCCCCCCCCCCC(=O)NC(COC1OC(CO)C(O)C(OS(=O)(=O)O)C1O)C(O)/C=C/CCCCCCCCCCCCCCCCCCCCCC. The number of amides is 1. The highest BCUT2D eigenvalue weighted by atomic mass is 32.3. The van der Waals surface area contributed by atoms with Crippen molar-refractivity contribution in [3.8, 4) is 0 Å². The lowest BCUT2D eigenvalue weighted by Crippen LogP contribution is -2.61. The summed E-state index contributed by atoms with van der Waals surface area (Å²) in [4.78, 5) is 13.2. The molecule has 1 aliphatic rings. The van der Waals surface area contributed by atoms with Gasteiger partial charge >= 0.3 is 10.4 Å². The molecule has 0 spiro atoms. The molecule has 74 heavy (non-hydrogen) atoms. The maximum Gasteiger partial charge on any atom is 0.397 e. The molecule has 1 saturated heterocycles. The lowest BCUT2D eigenvalue weighted by Gasteiger charge is -2.41. The Balaban J connectivity index is 2.35. The minimum atomic E-state index is -5.09. The monoisotopic (exact) mass is 1070 g/mol. The van der Waals surface area contributed by atoms with Crippen LogP contribution in [0.2, 0.25) is 0 Å². The average molecular weight is 1070 g/mol. The van der Waals surface area contributed by atoms with E-state index in [1.807, 2.05) is 6.08 Å². The number of carbonyl (C=O) groups excluding carboxylic acids is 1. The Hall–Kier alpha value is -1.68. The molecule has 13 heteroatoms. The third kappa shape index (κ3) is 42.4. The molecule has 1 aliphatic heterocycles. The molecule has 0 aromatic rings. The van der Waals surface area contributed by atoms with E-state index in [0.717, 1.165) is 51.4 Å². The Morgan fingerprint density at radius 1 is 0.541 bits per heavy atom. The summed E-state index contributed by atoms with van der Waals surface area (Å²) in [5, 5.41) is 45.0. The van der Waals surface area contributed by atoms with Gasteiger partial charge in [-0.15, -0.1) is 0 Å². The standard InChI is InChI=1S/C61H115NO11S/c1-3-5-7-9-11-13-15-17-19-21-23-25-27-28-29-31-33-35-37-39-41-43-45-47-49-51-57(65)62-54(53-71-61-59(67)60(73-74(68,69)70)58(66)56(52-63)72-61)55(64)50-48-46-44-42-40-38-36-34-32-30-26-24-22-20-18-16-14-12-10-8-6-4-2/h23,25,28-29,48,50,54-56,58-61,63-64,66-67H,3-22,24,26-27,30-47,49,51-53H2,1-2H3,(H,62,65)(H,68,69,70)/b25-23-,29-28-,50-48+. The molecule has 6 N–H and O–H groups in total. The molecule has 1 amide bonds. The van der Waals surface area contributed by atoms with E-state index in [2.05, 4.69) is 47.7 Å². The number of hydrogen-bond donors (Lipinski definition) is 6. The molecule has 1 fully saturated rings. The topological polar surface area (TPSA) is 192 Å². The number of hydrogen-bond acceptors (Lipinski definition) is 10. The first-order valence-corrected chi connectivity index (χ1v) is 32.2. The van der Waals surface area contributed by atoms with Gasteiger partial charge in [0.15, 0.2) is 6.29 Å². The summed E-state index contributed by atoms with van der Waals surface area (Å²) in [6.07, 6.45) is 56.2. The highest BCUT2D eigenvalue weighted by Gasteiger charge is 2.48. The van der Waals surface area contributed by atoms with Crippen LogP contribution in [0.25, 0.3) is 0 Å². The zero-order valence-electron chi connectivity index (χ0n) is 47.4. The number of ether oxygens (including phenoxy) is 2. The predicted octanol–water partition coefficient (Wildman–Crippen LogP) is 15.0. The van der Waals surface area contributed by atoms with E-state index >= 15 is 0 Å². The Morgan fingerprint density at radius 2 is 0.905 bits per heavy atom. The van der Waals surface area contributed by atoms with Gasteiger partial charge in [0.25, 0.3) is 0 Å². The van der Waals surface area contributed by atoms with E-state index in [9.17, 15) is 38.2 Å². The van der Waals surface area contributed by atoms with Crippen LogP contribution in [0.4, 0.5) is 0 Å². The molecule has 7 atom stereocenters. The first-order valence-electron chi connectivity index (χ1n) is 30.9. The Bertz CT molecular complexity index is 1440. The van der Waals surface area contributed by atoms with Crippen molar-refractivity contribution < 1.29 is 51.8 Å². The zero-order valence-corrected chi connectivity index (χ0v) is 48.2. The fourth-order valence-electron chi connectivity index (χ4n) is 9.90. The highest BCUT2D eigenvalue weighted by Crippen LogP contribution is 2.26. The minimum absolute atomic E-state index is 0.263. The van der Waals surface area contributed by atoms with Crippen molar-refractivity contribution in [1.29, 1.82) is 0 Å². The summed E-state index contributed by atoms with van der Waals surface area (Å²) in [5.74, 6) is -0.263. The number of carbonyl (C=O) groups is 1. The molecule has 0 bridgehead atoms. The van der Waals surface area contributed by atoms with Crippen molar-refractivity contribution in [2.75, 3.05) is 13.2 Å². The maximum absolute atomic E-state index is 13.2. The number of nitrogens with one attached hydrogen (secondary N) is 1. The third-order valence-corrected chi connectivity index (χ3v) is 15.1. The first kappa shape index (κ1) is 70.3. The quantitative estimate of drug-likeness (QED) is 0.0193. The number of aliphatic hydroxyl groups is 4. The number of aliphatic hydroxyl groups excluding tert-OH is 4. The zero-order chi connectivity index (χ0) is 54.0. The van der Waals surface area contributed by atoms with Gasteiger partial charge in [0.2, 0.25) is 5.91 Å². The molecule has 0 saturated carbocycles. The van der Waals surface area contributed by atoms with Crippen LogP contribution in [0.1, 0.15) is 290 Å². The molecule has 436 valence electrons. The first-order chi connectivity index (χ1) is 36.0. The van der Waals surface area contributed by atoms with Crippen molar-refractivity contribution in [3.63, 3.8) is 0 Å². The van der Waals surface area contributed by atoms with Crippen LogP contribution >= 0.6 is 0 Å². The van der Waals surface area contributed by atoms with Gasteiger partial charge in [-0.1, -0.05) is 269 Å². The molecule has 7 unspecified atom stereocenters. The summed E-state index contributed by atoms with van der Waals surface area (Å²) < 4.78 is 47.9. The second-order valence-electron chi connectivity index (χ2n) is 21.6. The van der Waals surface area contributed by atoms with Crippen molar-refractivity contribution in [1.82, 2.24) is 5.32 Å². The number of rotatable bonds is 54. The largest absolute Gasteiger partial charge is 0.397 e. The normalized spacial score (nSPS) is 19.4. The van der Waals surface area contributed by atoms with Gasteiger partial charge in [-0.05, 0) is 51.4 Å². The summed E-state index contributed by atoms with van der Waals surface area (Å²) in [5.41, 5.74) is 0. The van der Waals surface area contributed by atoms with Crippen molar-refractivity contribution >= 4 is 16.3 Å². The fraction of sp³-hybridized carbons (Fsp3) is 0.885. The Kier molecular flexibility index (Phi) is 48.3. The Morgan fingerprint density at radius 3 is 1.28 bits per heavy atom. The summed E-state index contributed by atoms with van der Waals surface area (Å²) in [6.45, 7) is 3.43. The van der Waals surface area contributed by atoms with Crippen LogP contribution < -0.4 is 5.32 Å². The minimum Gasteiger partial charge on any atom is -0.394 e. The molecule has 0 radical (unpaired) electrons. The van der Waals surface area contributed by atoms with E-state index in [0.29, 0.717) is 6.42 Å². The van der Waals surface area contributed by atoms with Crippen molar-refractivity contribution in [2.45, 2.75) is 333 Å². The van der Waals surface area contributed by atoms with E-state index in [1.165, 1.54) is 212 Å². The van der Waals surface area contributed by atoms with Crippen molar-refractivity contribution in [2.24, 2.45) is 0 Å². The Labute approximate surface area is 454 Å². The number of unbranched alkanes of at least 4 members (excludes halogenated alkanes) is 38. The van der Waals surface area contributed by atoms with Gasteiger partial charge in [-0.25, -0.2) is 4.18 Å². The molecular formula is C61H115NO11S. The molecule has 1 rings (SSSR count). The van der Waals surface area contributed by atoms with E-state index < -0.39 is 59.9 Å². The molecular weight excluding hydrogens is 955 g/mol. The molecule has 12 nitrogen and oxygen atoms in total. The summed E-state index contributed by atoms with van der Waals surface area (Å²) in [6, 6.07) is -0.948. The second-order valence-corrected chi connectivity index (χ2v) is 22.7.